The van der Waals surface area contributed by atoms with Crippen LogP contribution >= 0.6 is 0 Å². The van der Waals surface area contributed by atoms with Crippen molar-refractivity contribution >= 4 is 45.2 Å². The first kappa shape index (κ1) is 29.6. The summed E-state index contributed by atoms with van der Waals surface area (Å²) in [7, 11) is -5.02. The van der Waals surface area contributed by atoms with E-state index in [4.69, 9.17) is 4.42 Å². The topological polar surface area (TPSA) is 120 Å². The van der Waals surface area contributed by atoms with Crippen molar-refractivity contribution in [2.24, 2.45) is 0 Å². The maximum atomic E-state index is 13.7. The molecule has 220 valence electrons. The summed E-state index contributed by atoms with van der Waals surface area (Å²) in [6, 6.07) is 11.2. The van der Waals surface area contributed by atoms with Crippen LogP contribution < -0.4 is 15.1 Å². The van der Waals surface area contributed by atoms with Crippen LogP contribution in [0, 0.1) is 5.82 Å². The predicted octanol–water partition coefficient (Wildman–Crippen LogP) is 4.14. The van der Waals surface area contributed by atoms with Crippen LogP contribution in [-0.2, 0) is 22.7 Å². The Morgan fingerprint density at radius 2 is 1.76 bits per heavy atom. The van der Waals surface area contributed by atoms with Gasteiger partial charge in [0.15, 0.2) is 0 Å². The number of fused-ring (bicyclic) bond motifs is 1. The molecule has 0 aliphatic heterocycles. The first-order chi connectivity index (χ1) is 19.7. The Balaban J connectivity index is 1.69. The summed E-state index contributed by atoms with van der Waals surface area (Å²) in [6.07, 6.45) is -2.54. The van der Waals surface area contributed by atoms with E-state index in [0.717, 1.165) is 29.5 Å². The highest BCUT2D eigenvalue weighted by atomic mass is 32.2. The van der Waals surface area contributed by atoms with Crippen molar-refractivity contribution in [3.05, 3.63) is 82.7 Å². The summed E-state index contributed by atoms with van der Waals surface area (Å²) in [5, 5.41) is 21.8. The Bertz CT molecular complexity index is 1780. The third kappa shape index (κ3) is 5.74. The molecular formula is C28H25BF4N2O6S. The van der Waals surface area contributed by atoms with Crippen molar-refractivity contribution in [1.82, 2.24) is 5.32 Å². The number of hydrogen-bond acceptors (Lipinski definition) is 6. The minimum Gasteiger partial charge on any atom is -0.455 e. The van der Waals surface area contributed by atoms with Crippen molar-refractivity contribution in [3.63, 3.8) is 0 Å². The van der Waals surface area contributed by atoms with Gasteiger partial charge < -0.3 is 19.8 Å². The van der Waals surface area contributed by atoms with Gasteiger partial charge in [0.2, 0.25) is 10.0 Å². The van der Waals surface area contributed by atoms with Gasteiger partial charge in [0.25, 0.3) is 5.91 Å². The number of sulfonamides is 1. The lowest BCUT2D eigenvalue weighted by atomic mass is 9.76. The molecule has 0 spiro atoms. The van der Waals surface area contributed by atoms with Crippen LogP contribution in [-0.4, -0.2) is 44.8 Å². The van der Waals surface area contributed by atoms with Crippen LogP contribution in [0.25, 0.3) is 22.3 Å². The molecule has 1 fully saturated rings. The minimum absolute atomic E-state index is 0.0449. The van der Waals surface area contributed by atoms with Gasteiger partial charge in [-0.1, -0.05) is 12.1 Å². The Labute approximate surface area is 238 Å². The molecule has 1 heterocycles. The molecule has 42 heavy (non-hydrogen) atoms. The third-order valence-electron chi connectivity index (χ3n) is 7.11. The van der Waals surface area contributed by atoms with Crippen molar-refractivity contribution in [2.45, 2.75) is 31.5 Å². The molecule has 0 bridgehead atoms. The van der Waals surface area contributed by atoms with Gasteiger partial charge in [-0.05, 0) is 71.7 Å². The average molecular weight is 604 g/mol. The molecule has 1 aliphatic carbocycles. The van der Waals surface area contributed by atoms with Crippen LogP contribution in [0.3, 0.4) is 0 Å². The highest BCUT2D eigenvalue weighted by Crippen LogP contribution is 2.48. The summed E-state index contributed by atoms with van der Waals surface area (Å²) in [6.45, 7) is -0.497. The number of amides is 1. The number of furan rings is 1. The second-order valence-corrected chi connectivity index (χ2v) is 12.0. The predicted molar refractivity (Wildman–Crippen MR) is 149 cm³/mol. The van der Waals surface area contributed by atoms with E-state index < -0.39 is 52.6 Å². The Morgan fingerprint density at radius 3 is 2.31 bits per heavy atom. The van der Waals surface area contributed by atoms with E-state index in [1.54, 1.807) is 6.07 Å². The summed E-state index contributed by atoms with van der Waals surface area (Å²) in [5.41, 5.74) is -0.627. The zero-order chi connectivity index (χ0) is 30.6. The molecule has 1 amide bonds. The Morgan fingerprint density at radius 1 is 1.10 bits per heavy atom. The fourth-order valence-corrected chi connectivity index (χ4v) is 5.86. The maximum Gasteiger partial charge on any atom is 0.489 e. The first-order valence-corrected chi connectivity index (χ1v) is 14.7. The average Bonchev–Trinajstić information content (AvgIpc) is 3.70. The smallest absolute Gasteiger partial charge is 0.455 e. The lowest BCUT2D eigenvalue weighted by Gasteiger charge is -2.26. The zero-order valence-electron chi connectivity index (χ0n) is 22.4. The lowest BCUT2D eigenvalue weighted by Crippen LogP contribution is -2.37. The monoisotopic (exact) mass is 604 g/mol. The minimum atomic E-state index is -4.93. The first-order valence-electron chi connectivity index (χ1n) is 12.8. The number of hydrogen-bond donors (Lipinski definition) is 3. The molecule has 1 aromatic heterocycles. The van der Waals surface area contributed by atoms with E-state index in [2.05, 4.69) is 5.32 Å². The number of rotatable bonds is 8. The van der Waals surface area contributed by atoms with Crippen LogP contribution in [0.2, 0.25) is 0 Å². The number of nitrogens with zero attached hydrogens (tertiary/aromatic N) is 1. The fraction of sp³-hybridized carbons (Fsp3) is 0.250. The summed E-state index contributed by atoms with van der Waals surface area (Å²) < 4.78 is 88.0. The molecule has 1 aliphatic rings. The van der Waals surface area contributed by atoms with E-state index in [1.165, 1.54) is 43.4 Å². The van der Waals surface area contributed by atoms with Crippen molar-refractivity contribution in [1.29, 1.82) is 0 Å². The van der Waals surface area contributed by atoms with E-state index in [1.807, 2.05) is 0 Å². The summed E-state index contributed by atoms with van der Waals surface area (Å²) in [5.74, 6) is -0.892. The summed E-state index contributed by atoms with van der Waals surface area (Å²) >= 11 is 0. The highest BCUT2D eigenvalue weighted by Gasteiger charge is 2.37. The Hall–Kier alpha value is -3.88. The van der Waals surface area contributed by atoms with Gasteiger partial charge in [-0.3, -0.25) is 9.10 Å². The molecular weight excluding hydrogens is 579 g/mol. The largest absolute Gasteiger partial charge is 0.489 e. The quantitative estimate of drug-likeness (QED) is 0.206. The fourth-order valence-electron chi connectivity index (χ4n) is 4.96. The molecule has 0 saturated heterocycles. The zero-order valence-corrected chi connectivity index (χ0v) is 23.2. The standard InChI is InChI=1S/C28H25BF4N2O6S/c1-34-27(36)25-20-12-19(16-4-5-16)23(13-24(20)41-26(25)17-6-8-18(30)9-7-17)35(42(2,39)40)14-15-3-10-22(29(37)38)21(11-15)28(31,32)33/h3,6-13,16,37-38H,4-5,14H2,1-2H3,(H,34,36). The third-order valence-corrected chi connectivity index (χ3v) is 8.24. The van der Waals surface area contributed by atoms with Gasteiger partial charge in [0.1, 0.15) is 17.2 Å². The van der Waals surface area contributed by atoms with Crippen molar-refractivity contribution in [2.75, 3.05) is 17.6 Å². The van der Waals surface area contributed by atoms with E-state index in [-0.39, 0.29) is 34.1 Å². The van der Waals surface area contributed by atoms with E-state index in [9.17, 15) is 40.8 Å². The lowest BCUT2D eigenvalue weighted by molar-refractivity contribution is -0.136. The number of nitrogens with one attached hydrogen (secondary N) is 1. The van der Waals surface area contributed by atoms with E-state index in [0.29, 0.717) is 22.6 Å². The Kier molecular flexibility index (Phi) is 7.58. The van der Waals surface area contributed by atoms with E-state index >= 15 is 0 Å². The number of halogens is 4. The molecule has 8 nitrogen and oxygen atoms in total. The van der Waals surface area contributed by atoms with Crippen molar-refractivity contribution in [3.8, 4) is 11.3 Å². The van der Waals surface area contributed by atoms with Gasteiger partial charge in [-0.2, -0.15) is 13.2 Å². The molecule has 5 rings (SSSR count). The molecule has 0 atom stereocenters. The molecule has 14 heteroatoms. The normalized spacial score (nSPS) is 13.8. The molecule has 4 aromatic rings. The number of carbonyl (C=O) groups is 1. The van der Waals surface area contributed by atoms with Crippen LogP contribution in [0.5, 0.6) is 0 Å². The van der Waals surface area contributed by atoms with Gasteiger partial charge in [0.05, 0.1) is 29.6 Å². The van der Waals surface area contributed by atoms with Crippen LogP contribution in [0.15, 0.2) is 59.0 Å². The SMILES string of the molecule is CNC(=O)c1c(-c2ccc(F)cc2)oc2cc(N(Cc3ccc(B(O)O)c(C(F)(F)F)c3)S(C)(=O)=O)c(C3CC3)cc12. The molecule has 0 radical (unpaired) electrons. The van der Waals surface area contributed by atoms with Gasteiger partial charge in [-0.25, -0.2) is 12.8 Å². The van der Waals surface area contributed by atoms with Gasteiger partial charge in [-0.15, -0.1) is 0 Å². The number of alkyl halides is 3. The van der Waals surface area contributed by atoms with Crippen molar-refractivity contribution < 1.29 is 45.2 Å². The second-order valence-electron chi connectivity index (χ2n) is 10.1. The number of benzene rings is 3. The van der Waals surface area contributed by atoms with Gasteiger partial charge in [0, 0.05) is 24.1 Å². The maximum absolute atomic E-state index is 13.7. The van der Waals surface area contributed by atoms with Gasteiger partial charge >= 0.3 is 13.3 Å². The summed E-state index contributed by atoms with van der Waals surface area (Å²) in [4.78, 5) is 13.0. The molecule has 0 unspecified atom stereocenters. The number of carbonyl (C=O) groups excluding carboxylic acids is 1. The highest BCUT2D eigenvalue weighted by molar-refractivity contribution is 7.92. The molecule has 3 aromatic carbocycles. The second kappa shape index (κ2) is 10.8. The van der Waals surface area contributed by atoms with Crippen LogP contribution in [0.4, 0.5) is 23.2 Å². The molecule has 3 N–H and O–H groups in total. The van der Waals surface area contributed by atoms with Crippen LogP contribution in [0.1, 0.15) is 45.8 Å². The number of anilines is 1. The molecule has 1 saturated carbocycles.